The first-order chi connectivity index (χ1) is 13.7. The predicted molar refractivity (Wildman–Crippen MR) is 110 cm³/mol. The van der Waals surface area contributed by atoms with Crippen molar-refractivity contribution >= 4 is 23.2 Å². The van der Waals surface area contributed by atoms with Gasteiger partial charge in [0.15, 0.2) is 0 Å². The molecule has 4 rings (SSSR count). The van der Waals surface area contributed by atoms with Gasteiger partial charge in [-0.2, -0.15) is 0 Å². The van der Waals surface area contributed by atoms with Crippen molar-refractivity contribution in [3.63, 3.8) is 0 Å². The summed E-state index contributed by atoms with van der Waals surface area (Å²) in [5, 5.41) is 1.94. The van der Waals surface area contributed by atoms with Crippen molar-refractivity contribution in [1.29, 1.82) is 0 Å². The highest BCUT2D eigenvalue weighted by atomic mass is 32.1. The van der Waals surface area contributed by atoms with Crippen LogP contribution in [0, 0.1) is 5.92 Å². The second-order valence-corrected chi connectivity index (χ2v) is 8.52. The van der Waals surface area contributed by atoms with E-state index in [0.717, 1.165) is 62.5 Å². The van der Waals surface area contributed by atoms with Crippen molar-refractivity contribution in [3.05, 3.63) is 52.2 Å². The lowest BCUT2D eigenvalue weighted by Crippen LogP contribution is -2.41. The molecule has 28 heavy (non-hydrogen) atoms. The van der Waals surface area contributed by atoms with E-state index in [1.54, 1.807) is 0 Å². The molecule has 0 bridgehead atoms. The number of rotatable bonds is 5. The summed E-state index contributed by atoms with van der Waals surface area (Å²) in [4.78, 5) is 29.8. The Hall–Kier alpha value is -2.34. The number of thiophene rings is 1. The molecule has 3 heterocycles. The van der Waals surface area contributed by atoms with E-state index in [9.17, 15) is 9.59 Å². The summed E-state index contributed by atoms with van der Waals surface area (Å²) in [6.45, 7) is 3.80. The minimum atomic E-state index is 0.0911. The van der Waals surface area contributed by atoms with Gasteiger partial charge in [0.25, 0.3) is 11.8 Å². The zero-order chi connectivity index (χ0) is 19.3. The number of amides is 2. The molecule has 0 saturated carbocycles. The Balaban J connectivity index is 1.33. The number of hydrogen-bond donors (Lipinski definition) is 0. The summed E-state index contributed by atoms with van der Waals surface area (Å²) < 4.78 is 6.01. The number of ether oxygens (including phenoxy) is 1. The van der Waals surface area contributed by atoms with Gasteiger partial charge < -0.3 is 14.5 Å². The third kappa shape index (κ3) is 4.38. The molecule has 1 unspecified atom stereocenters. The highest BCUT2D eigenvalue weighted by molar-refractivity contribution is 7.12. The Morgan fingerprint density at radius 3 is 2.61 bits per heavy atom. The first-order valence-electron chi connectivity index (χ1n) is 10.1. The molecule has 2 saturated heterocycles. The van der Waals surface area contributed by atoms with Crippen molar-refractivity contribution in [1.82, 2.24) is 9.80 Å². The average molecular weight is 399 g/mol. The van der Waals surface area contributed by atoms with Crippen LogP contribution >= 0.6 is 11.3 Å². The molecule has 6 heteroatoms. The van der Waals surface area contributed by atoms with E-state index in [4.69, 9.17) is 4.74 Å². The van der Waals surface area contributed by atoms with E-state index in [2.05, 4.69) is 0 Å². The minimum absolute atomic E-state index is 0.0911. The summed E-state index contributed by atoms with van der Waals surface area (Å²) in [5.41, 5.74) is 0.692. The van der Waals surface area contributed by atoms with Gasteiger partial charge in [0.2, 0.25) is 0 Å². The van der Waals surface area contributed by atoms with Crippen LogP contribution in [0.25, 0.3) is 0 Å². The van der Waals surface area contributed by atoms with Crippen molar-refractivity contribution < 1.29 is 14.3 Å². The molecule has 2 amide bonds. The van der Waals surface area contributed by atoms with E-state index < -0.39 is 0 Å². The van der Waals surface area contributed by atoms with E-state index >= 15 is 0 Å². The molecule has 0 spiro atoms. The third-order valence-corrected chi connectivity index (χ3v) is 6.36. The lowest BCUT2D eigenvalue weighted by Gasteiger charge is -2.32. The molecule has 2 aliphatic rings. The molecule has 2 aromatic rings. The number of carbonyl (C=O) groups is 2. The lowest BCUT2D eigenvalue weighted by molar-refractivity contribution is 0.0637. The van der Waals surface area contributed by atoms with Crippen LogP contribution in [-0.2, 0) is 0 Å². The van der Waals surface area contributed by atoms with Crippen LogP contribution in [0.2, 0.25) is 0 Å². The van der Waals surface area contributed by atoms with Crippen LogP contribution < -0.4 is 4.74 Å². The Morgan fingerprint density at radius 1 is 1.00 bits per heavy atom. The van der Waals surface area contributed by atoms with Gasteiger partial charge in [-0.15, -0.1) is 11.3 Å². The van der Waals surface area contributed by atoms with Gasteiger partial charge in [0.05, 0.1) is 11.5 Å². The number of benzene rings is 1. The molecule has 2 fully saturated rings. The van der Waals surface area contributed by atoms with Gasteiger partial charge in [0.1, 0.15) is 5.75 Å². The molecule has 1 atom stereocenters. The van der Waals surface area contributed by atoms with Gasteiger partial charge in [0, 0.05) is 37.7 Å². The van der Waals surface area contributed by atoms with Crippen LogP contribution in [0.4, 0.5) is 0 Å². The summed E-state index contributed by atoms with van der Waals surface area (Å²) >= 11 is 1.49. The molecule has 1 aromatic carbocycles. The molecule has 2 aliphatic heterocycles. The topological polar surface area (TPSA) is 49.9 Å². The Morgan fingerprint density at radius 2 is 1.82 bits per heavy atom. The van der Waals surface area contributed by atoms with Gasteiger partial charge in [-0.05, 0) is 55.3 Å². The maximum atomic E-state index is 12.6. The highest BCUT2D eigenvalue weighted by Crippen LogP contribution is 2.23. The molecular formula is C22H26N2O3S. The number of carbonyl (C=O) groups excluding carboxylic acids is 2. The lowest BCUT2D eigenvalue weighted by atomic mass is 9.99. The Bertz CT molecular complexity index is 815. The molecule has 148 valence electrons. The molecule has 0 N–H and O–H groups in total. The monoisotopic (exact) mass is 398 g/mol. The fraction of sp³-hybridized carbons (Fsp3) is 0.455. The van der Waals surface area contributed by atoms with Gasteiger partial charge in [-0.25, -0.2) is 0 Å². The second kappa shape index (κ2) is 8.78. The summed E-state index contributed by atoms with van der Waals surface area (Å²) in [6, 6.07) is 11.3. The van der Waals surface area contributed by atoms with Crippen molar-refractivity contribution in [2.75, 3.05) is 32.8 Å². The van der Waals surface area contributed by atoms with Gasteiger partial charge >= 0.3 is 0 Å². The van der Waals surface area contributed by atoms with Crippen LogP contribution in [0.5, 0.6) is 5.75 Å². The molecule has 0 radical (unpaired) electrons. The number of piperidine rings is 1. The standard InChI is InChI=1S/C22H26N2O3S/c25-21(23-10-1-2-11-23)18-7-3-8-19(14-18)27-16-17-6-4-12-24(15-17)22(26)20-9-5-13-28-20/h3,5,7-9,13-14,17H,1-2,4,6,10-12,15-16H2. The quantitative estimate of drug-likeness (QED) is 0.767. The zero-order valence-corrected chi connectivity index (χ0v) is 16.8. The third-order valence-electron chi connectivity index (χ3n) is 5.50. The van der Waals surface area contributed by atoms with Crippen molar-refractivity contribution in [3.8, 4) is 5.75 Å². The van der Waals surface area contributed by atoms with E-state index in [0.29, 0.717) is 18.1 Å². The number of nitrogens with zero attached hydrogens (tertiary/aromatic N) is 2. The Kier molecular flexibility index (Phi) is 5.95. The summed E-state index contributed by atoms with van der Waals surface area (Å²) in [7, 11) is 0. The normalized spacial score (nSPS) is 19.6. The molecule has 1 aromatic heterocycles. The Labute approximate surface area is 169 Å². The molecular weight excluding hydrogens is 372 g/mol. The van der Waals surface area contributed by atoms with Crippen LogP contribution in [0.1, 0.15) is 45.7 Å². The SMILES string of the molecule is O=C(c1cccc(OCC2CCCN(C(=O)c3cccs3)C2)c1)N1CCCC1. The van der Waals surface area contributed by atoms with Crippen molar-refractivity contribution in [2.24, 2.45) is 5.92 Å². The van der Waals surface area contributed by atoms with E-state index in [1.165, 1.54) is 11.3 Å². The number of likely N-dealkylation sites (tertiary alicyclic amines) is 2. The maximum Gasteiger partial charge on any atom is 0.263 e. The van der Waals surface area contributed by atoms with Crippen LogP contribution in [0.3, 0.4) is 0 Å². The first-order valence-corrected chi connectivity index (χ1v) is 10.9. The largest absolute Gasteiger partial charge is 0.493 e. The minimum Gasteiger partial charge on any atom is -0.493 e. The fourth-order valence-electron chi connectivity index (χ4n) is 3.98. The average Bonchev–Trinajstić information content (AvgIpc) is 3.46. The van der Waals surface area contributed by atoms with E-state index in [-0.39, 0.29) is 11.8 Å². The second-order valence-electron chi connectivity index (χ2n) is 7.57. The summed E-state index contributed by atoms with van der Waals surface area (Å²) in [6.07, 6.45) is 4.23. The van der Waals surface area contributed by atoms with Gasteiger partial charge in [-0.1, -0.05) is 12.1 Å². The van der Waals surface area contributed by atoms with E-state index in [1.807, 2.05) is 51.6 Å². The predicted octanol–water partition coefficient (Wildman–Crippen LogP) is 3.92. The first kappa shape index (κ1) is 19.0. The zero-order valence-electron chi connectivity index (χ0n) is 16.0. The van der Waals surface area contributed by atoms with Crippen molar-refractivity contribution in [2.45, 2.75) is 25.7 Å². The molecule has 0 aliphatic carbocycles. The summed E-state index contributed by atoms with van der Waals surface area (Å²) in [5.74, 6) is 1.26. The molecule has 5 nitrogen and oxygen atoms in total. The smallest absolute Gasteiger partial charge is 0.263 e. The highest BCUT2D eigenvalue weighted by Gasteiger charge is 2.25. The fourth-order valence-corrected chi connectivity index (χ4v) is 4.67. The van der Waals surface area contributed by atoms with Gasteiger partial charge in [-0.3, -0.25) is 9.59 Å². The number of hydrogen-bond acceptors (Lipinski definition) is 4. The van der Waals surface area contributed by atoms with Crippen LogP contribution in [0.15, 0.2) is 41.8 Å². The maximum absolute atomic E-state index is 12.6. The van der Waals surface area contributed by atoms with Crippen LogP contribution in [-0.4, -0.2) is 54.4 Å².